The highest BCUT2D eigenvalue weighted by molar-refractivity contribution is 7.99. The summed E-state index contributed by atoms with van der Waals surface area (Å²) < 4.78 is 6.60. The van der Waals surface area contributed by atoms with Crippen molar-refractivity contribution in [2.24, 2.45) is 0 Å². The molecule has 0 aliphatic rings. The molecule has 3 aromatic rings. The van der Waals surface area contributed by atoms with Crippen molar-refractivity contribution in [3.05, 3.63) is 86.5 Å². The Balaban J connectivity index is 1.60. The van der Waals surface area contributed by atoms with Gasteiger partial charge in [-0.1, -0.05) is 48.2 Å². The van der Waals surface area contributed by atoms with Gasteiger partial charge in [0.1, 0.15) is 0 Å². The van der Waals surface area contributed by atoms with Crippen LogP contribution in [0.3, 0.4) is 0 Å². The number of thioether (sulfide) groups is 1. The van der Waals surface area contributed by atoms with Gasteiger partial charge in [0.2, 0.25) is 11.8 Å². The molecule has 0 spiro atoms. The number of aryl methyl sites for hydroxylation is 1. The van der Waals surface area contributed by atoms with E-state index in [-0.39, 0.29) is 35.7 Å². The molecule has 1 amide bonds. The molecule has 156 valence electrons. The second kappa shape index (κ2) is 9.88. The lowest BCUT2D eigenvalue weighted by Gasteiger charge is -2.06. The lowest BCUT2D eigenvalue weighted by Crippen LogP contribution is -2.37. The number of benzene rings is 1. The lowest BCUT2D eigenvalue weighted by molar-refractivity contribution is -0.118. The minimum Gasteiger partial charge on any atom is -0.416 e. The molecular weight excluding hydrogens is 406 g/mol. The zero-order valence-electron chi connectivity index (χ0n) is 16.4. The number of aromatic amines is 1. The normalized spacial score (nSPS) is 10.7. The molecule has 0 saturated carbocycles. The van der Waals surface area contributed by atoms with E-state index in [4.69, 9.17) is 4.42 Å². The highest BCUT2D eigenvalue weighted by Gasteiger charge is 2.16. The van der Waals surface area contributed by atoms with Crippen LogP contribution in [0.1, 0.15) is 22.7 Å². The summed E-state index contributed by atoms with van der Waals surface area (Å²) in [6.07, 6.45) is 1.55. The predicted molar refractivity (Wildman–Crippen MR) is 112 cm³/mol. The first kappa shape index (κ1) is 21.3. The Hall–Kier alpha value is -3.40. The van der Waals surface area contributed by atoms with Gasteiger partial charge in [-0.15, -0.1) is 16.8 Å². The molecule has 2 aromatic heterocycles. The van der Waals surface area contributed by atoms with Gasteiger partial charge in [-0.05, 0) is 12.5 Å². The monoisotopic (exact) mass is 427 g/mol. The number of nitrogens with one attached hydrogen (secondary N) is 2. The average molecular weight is 427 g/mol. The SMILES string of the molecule is C=CCn1c(=O)[nH]c(C)c(Cc2nnc(SCC(=O)NCc3ccccc3)o2)c1=O. The molecule has 1 aromatic carbocycles. The zero-order chi connectivity index (χ0) is 21.5. The molecule has 2 heterocycles. The number of nitrogens with zero attached hydrogens (tertiary/aromatic N) is 3. The van der Waals surface area contributed by atoms with E-state index in [9.17, 15) is 14.4 Å². The third kappa shape index (κ3) is 5.35. The Bertz CT molecular complexity index is 1150. The first-order valence-electron chi connectivity index (χ1n) is 9.17. The largest absolute Gasteiger partial charge is 0.416 e. The Morgan fingerprint density at radius 2 is 2.07 bits per heavy atom. The number of rotatable bonds is 9. The molecule has 0 saturated heterocycles. The van der Waals surface area contributed by atoms with Crippen LogP contribution in [0.2, 0.25) is 0 Å². The summed E-state index contributed by atoms with van der Waals surface area (Å²) in [5.41, 5.74) is 0.887. The second-order valence-corrected chi connectivity index (χ2v) is 7.35. The van der Waals surface area contributed by atoms with Crippen molar-refractivity contribution >= 4 is 17.7 Å². The Labute approximate surface area is 176 Å². The van der Waals surface area contributed by atoms with E-state index in [1.165, 1.54) is 6.08 Å². The van der Waals surface area contributed by atoms with E-state index in [1.807, 2.05) is 30.3 Å². The fourth-order valence-corrected chi connectivity index (χ4v) is 3.33. The van der Waals surface area contributed by atoms with Gasteiger partial charge in [0, 0.05) is 24.3 Å². The van der Waals surface area contributed by atoms with Crippen LogP contribution < -0.4 is 16.6 Å². The van der Waals surface area contributed by atoms with Gasteiger partial charge >= 0.3 is 5.69 Å². The van der Waals surface area contributed by atoms with Gasteiger partial charge in [0.05, 0.1) is 12.2 Å². The summed E-state index contributed by atoms with van der Waals surface area (Å²) in [4.78, 5) is 39.1. The highest BCUT2D eigenvalue weighted by Crippen LogP contribution is 2.17. The van der Waals surface area contributed by atoms with Crippen LogP contribution in [0.4, 0.5) is 0 Å². The molecular formula is C20H21N5O4S. The highest BCUT2D eigenvalue weighted by atomic mass is 32.2. The maximum absolute atomic E-state index is 12.6. The van der Waals surface area contributed by atoms with Crippen molar-refractivity contribution in [1.82, 2.24) is 25.1 Å². The predicted octanol–water partition coefficient (Wildman–Crippen LogP) is 1.41. The fraction of sp³-hybridized carbons (Fsp3) is 0.250. The average Bonchev–Trinajstić information content (AvgIpc) is 3.19. The van der Waals surface area contributed by atoms with Gasteiger partial charge < -0.3 is 14.7 Å². The van der Waals surface area contributed by atoms with Gasteiger partial charge in [-0.3, -0.25) is 14.2 Å². The molecule has 0 aliphatic heterocycles. The van der Waals surface area contributed by atoms with Gasteiger partial charge in [-0.2, -0.15) is 0 Å². The van der Waals surface area contributed by atoms with E-state index in [1.54, 1.807) is 6.92 Å². The Morgan fingerprint density at radius 3 is 2.80 bits per heavy atom. The molecule has 0 unspecified atom stereocenters. The lowest BCUT2D eigenvalue weighted by atomic mass is 10.1. The molecule has 0 aliphatic carbocycles. The van der Waals surface area contributed by atoms with E-state index < -0.39 is 11.2 Å². The topological polar surface area (TPSA) is 123 Å². The van der Waals surface area contributed by atoms with Gasteiger partial charge in [0.15, 0.2) is 0 Å². The standard InChI is InChI=1S/C20H21N5O4S/c1-3-9-25-18(27)15(13(2)22-19(25)28)10-17-23-24-20(29-17)30-12-16(26)21-11-14-7-5-4-6-8-14/h3-8H,1,9-12H2,2H3,(H,21,26)(H,22,28). The maximum Gasteiger partial charge on any atom is 0.328 e. The summed E-state index contributed by atoms with van der Waals surface area (Å²) in [7, 11) is 0. The van der Waals surface area contributed by atoms with Crippen molar-refractivity contribution in [1.29, 1.82) is 0 Å². The zero-order valence-corrected chi connectivity index (χ0v) is 17.2. The summed E-state index contributed by atoms with van der Waals surface area (Å²) in [5, 5.41) is 10.9. The van der Waals surface area contributed by atoms with Crippen LogP contribution in [0.25, 0.3) is 0 Å². The molecule has 3 rings (SSSR count). The number of H-pyrrole nitrogens is 1. The molecule has 0 atom stereocenters. The third-order valence-corrected chi connectivity index (χ3v) is 5.06. The fourth-order valence-electron chi connectivity index (χ4n) is 2.72. The Kier molecular flexibility index (Phi) is 7.02. The molecule has 9 nitrogen and oxygen atoms in total. The van der Waals surface area contributed by atoms with Crippen molar-refractivity contribution in [3.63, 3.8) is 0 Å². The quantitative estimate of drug-likeness (QED) is 0.391. The number of aromatic nitrogens is 4. The van der Waals surface area contributed by atoms with Crippen LogP contribution in [0.15, 0.2) is 62.2 Å². The molecule has 0 radical (unpaired) electrons. The Morgan fingerprint density at radius 1 is 1.30 bits per heavy atom. The minimum absolute atomic E-state index is 0.0757. The maximum atomic E-state index is 12.6. The summed E-state index contributed by atoms with van der Waals surface area (Å²) in [5.74, 6) is 0.185. The summed E-state index contributed by atoms with van der Waals surface area (Å²) in [6, 6.07) is 9.59. The number of carbonyl (C=O) groups is 1. The van der Waals surface area contributed by atoms with Gasteiger partial charge in [0.25, 0.3) is 10.8 Å². The van der Waals surface area contributed by atoms with Crippen LogP contribution in [0.5, 0.6) is 0 Å². The van der Waals surface area contributed by atoms with Crippen LogP contribution in [-0.4, -0.2) is 31.4 Å². The second-order valence-electron chi connectivity index (χ2n) is 6.43. The first-order valence-corrected chi connectivity index (χ1v) is 10.2. The molecule has 0 fully saturated rings. The van der Waals surface area contributed by atoms with Crippen LogP contribution in [-0.2, 0) is 24.3 Å². The number of hydrogen-bond donors (Lipinski definition) is 2. The molecule has 2 N–H and O–H groups in total. The van der Waals surface area contributed by atoms with E-state index in [0.29, 0.717) is 17.8 Å². The summed E-state index contributed by atoms with van der Waals surface area (Å²) >= 11 is 1.11. The van der Waals surface area contributed by atoms with Gasteiger partial charge in [-0.25, -0.2) is 4.79 Å². The van der Waals surface area contributed by atoms with Crippen molar-refractivity contribution in [2.75, 3.05) is 5.75 Å². The van der Waals surface area contributed by atoms with Crippen molar-refractivity contribution in [2.45, 2.75) is 31.7 Å². The first-order chi connectivity index (χ1) is 14.5. The number of allylic oxidation sites excluding steroid dienone is 1. The number of carbonyl (C=O) groups excluding carboxylic acids is 1. The minimum atomic E-state index is -0.496. The molecule has 0 bridgehead atoms. The van der Waals surface area contributed by atoms with Crippen LogP contribution in [0, 0.1) is 6.92 Å². The summed E-state index contributed by atoms with van der Waals surface area (Å²) in [6.45, 7) is 5.74. The molecule has 30 heavy (non-hydrogen) atoms. The van der Waals surface area contributed by atoms with Crippen LogP contribution >= 0.6 is 11.8 Å². The van der Waals surface area contributed by atoms with E-state index in [2.05, 4.69) is 27.1 Å². The van der Waals surface area contributed by atoms with E-state index >= 15 is 0 Å². The van der Waals surface area contributed by atoms with Crippen molar-refractivity contribution in [3.8, 4) is 0 Å². The third-order valence-electron chi connectivity index (χ3n) is 4.24. The smallest absolute Gasteiger partial charge is 0.328 e. The number of hydrogen-bond acceptors (Lipinski definition) is 7. The van der Waals surface area contributed by atoms with Crippen molar-refractivity contribution < 1.29 is 9.21 Å². The molecule has 10 heteroatoms. The van der Waals surface area contributed by atoms with E-state index in [0.717, 1.165) is 21.9 Å². The number of amides is 1.